The number of nitrogens with one attached hydrogen (secondary N) is 2. The Morgan fingerprint density at radius 3 is 2.41 bits per heavy atom. The Balaban J connectivity index is 1.21. The van der Waals surface area contributed by atoms with Crippen LogP contribution in [0.2, 0.25) is 0 Å². The molecule has 0 bridgehead atoms. The molecule has 2 aliphatic rings. The monoisotopic (exact) mass is 441 g/mol. The quantitative estimate of drug-likeness (QED) is 0.745. The van der Waals surface area contributed by atoms with Crippen molar-refractivity contribution in [3.8, 4) is 0 Å². The summed E-state index contributed by atoms with van der Waals surface area (Å²) in [5.41, 5.74) is 1.50. The number of halogens is 1. The van der Waals surface area contributed by atoms with Crippen molar-refractivity contribution >= 4 is 23.4 Å². The van der Waals surface area contributed by atoms with Crippen LogP contribution < -0.4 is 15.5 Å². The number of anilines is 2. The minimum Gasteiger partial charge on any atom is -0.378 e. The number of hydrogen-bond donors (Lipinski definition) is 2. The van der Waals surface area contributed by atoms with Gasteiger partial charge in [0, 0.05) is 38.6 Å². The molecule has 2 aromatic rings. The Morgan fingerprint density at radius 1 is 1.03 bits per heavy atom. The van der Waals surface area contributed by atoms with Crippen LogP contribution in [0.25, 0.3) is 0 Å². The normalized spacial score (nSPS) is 17.2. The van der Waals surface area contributed by atoms with E-state index in [0.29, 0.717) is 51.4 Å². The maximum absolute atomic E-state index is 13.0. The first-order chi connectivity index (χ1) is 15.6. The number of likely N-dealkylation sites (tertiary alicyclic amines) is 1. The predicted molar refractivity (Wildman–Crippen MR) is 119 cm³/mol. The van der Waals surface area contributed by atoms with Crippen molar-refractivity contribution in [2.75, 3.05) is 49.6 Å². The van der Waals surface area contributed by atoms with Crippen LogP contribution in [-0.4, -0.2) is 61.2 Å². The van der Waals surface area contributed by atoms with E-state index in [1.807, 2.05) is 12.1 Å². The molecule has 2 aliphatic heterocycles. The van der Waals surface area contributed by atoms with Gasteiger partial charge < -0.3 is 25.2 Å². The minimum absolute atomic E-state index is 0.0303. The van der Waals surface area contributed by atoms with Crippen molar-refractivity contribution in [3.05, 3.63) is 54.0 Å². The zero-order valence-electron chi connectivity index (χ0n) is 17.9. The van der Waals surface area contributed by atoms with Gasteiger partial charge in [0.2, 0.25) is 5.91 Å². The van der Waals surface area contributed by atoms with Crippen molar-refractivity contribution < 1.29 is 18.7 Å². The zero-order chi connectivity index (χ0) is 22.3. The van der Waals surface area contributed by atoms with E-state index in [9.17, 15) is 14.0 Å². The van der Waals surface area contributed by atoms with Crippen molar-refractivity contribution in [2.24, 2.45) is 5.92 Å². The summed E-state index contributed by atoms with van der Waals surface area (Å²) in [4.78, 5) is 33.4. The molecule has 8 nitrogen and oxygen atoms in total. The fraction of sp³-hybridized carbons (Fsp3) is 0.435. The number of amides is 3. The van der Waals surface area contributed by atoms with Crippen molar-refractivity contribution in [1.82, 2.24) is 15.2 Å². The number of morpholine rings is 1. The average molecular weight is 442 g/mol. The largest absolute Gasteiger partial charge is 0.378 e. The Hall–Kier alpha value is -3.20. The standard InChI is InChI=1S/C23H28FN5O3/c24-19-3-1-17(2-4-19)15-26-22(30)18-7-9-29(10-8-18)23(31)27-20-5-6-21(25-16-20)28-11-13-32-14-12-28/h1-6,16,18H,7-15H2,(H,26,30)(H,27,31). The number of piperidine rings is 1. The molecule has 2 fully saturated rings. The fourth-order valence-corrected chi connectivity index (χ4v) is 3.92. The number of pyridine rings is 1. The molecule has 0 aliphatic carbocycles. The Labute approximate surface area is 186 Å². The number of carbonyl (C=O) groups excluding carboxylic acids is 2. The van der Waals surface area contributed by atoms with Crippen LogP contribution in [0.15, 0.2) is 42.6 Å². The number of rotatable bonds is 5. The molecule has 2 saturated heterocycles. The molecule has 3 amide bonds. The van der Waals surface area contributed by atoms with E-state index in [4.69, 9.17) is 4.74 Å². The van der Waals surface area contributed by atoms with Gasteiger partial charge in [-0.05, 0) is 42.7 Å². The first kappa shape index (κ1) is 22.0. The molecule has 1 aromatic carbocycles. The van der Waals surface area contributed by atoms with Gasteiger partial charge in [0.05, 0.1) is 25.1 Å². The molecule has 3 heterocycles. The summed E-state index contributed by atoms with van der Waals surface area (Å²) < 4.78 is 18.3. The van der Waals surface area contributed by atoms with Gasteiger partial charge in [-0.15, -0.1) is 0 Å². The highest BCUT2D eigenvalue weighted by molar-refractivity contribution is 5.89. The Morgan fingerprint density at radius 2 is 1.75 bits per heavy atom. The van der Waals surface area contributed by atoms with Crippen molar-refractivity contribution in [1.29, 1.82) is 0 Å². The van der Waals surface area contributed by atoms with Gasteiger partial charge in [-0.1, -0.05) is 12.1 Å². The van der Waals surface area contributed by atoms with Gasteiger partial charge >= 0.3 is 6.03 Å². The molecule has 32 heavy (non-hydrogen) atoms. The van der Waals surface area contributed by atoms with E-state index >= 15 is 0 Å². The highest BCUT2D eigenvalue weighted by Crippen LogP contribution is 2.20. The molecule has 1 aromatic heterocycles. The van der Waals surface area contributed by atoms with Crippen LogP contribution in [0.4, 0.5) is 20.7 Å². The van der Waals surface area contributed by atoms with Crippen LogP contribution in [0.5, 0.6) is 0 Å². The smallest absolute Gasteiger partial charge is 0.321 e. The number of aromatic nitrogens is 1. The molecule has 170 valence electrons. The zero-order valence-corrected chi connectivity index (χ0v) is 17.9. The number of nitrogens with zero attached hydrogens (tertiary/aromatic N) is 3. The molecule has 2 N–H and O–H groups in total. The summed E-state index contributed by atoms with van der Waals surface area (Å²) >= 11 is 0. The number of benzene rings is 1. The lowest BCUT2D eigenvalue weighted by molar-refractivity contribution is -0.126. The van der Waals surface area contributed by atoms with E-state index in [-0.39, 0.29) is 23.7 Å². The third-order valence-electron chi connectivity index (χ3n) is 5.87. The first-order valence-corrected chi connectivity index (χ1v) is 11.0. The van der Waals surface area contributed by atoms with Crippen LogP contribution in [0.3, 0.4) is 0 Å². The topological polar surface area (TPSA) is 86.8 Å². The molecule has 0 spiro atoms. The second kappa shape index (κ2) is 10.4. The molecular formula is C23H28FN5O3. The lowest BCUT2D eigenvalue weighted by atomic mass is 9.96. The maximum atomic E-state index is 13.0. The van der Waals surface area contributed by atoms with Gasteiger partial charge in [0.15, 0.2) is 0 Å². The Kier molecular flexibility index (Phi) is 7.16. The summed E-state index contributed by atoms with van der Waals surface area (Å²) in [5.74, 6) is 0.416. The van der Waals surface area contributed by atoms with Gasteiger partial charge in [-0.25, -0.2) is 14.2 Å². The number of carbonyl (C=O) groups is 2. The number of hydrogen-bond acceptors (Lipinski definition) is 5. The summed E-state index contributed by atoms with van der Waals surface area (Å²) in [6.07, 6.45) is 2.88. The van der Waals surface area contributed by atoms with Crippen molar-refractivity contribution in [2.45, 2.75) is 19.4 Å². The van der Waals surface area contributed by atoms with Crippen LogP contribution >= 0.6 is 0 Å². The van der Waals surface area contributed by atoms with Crippen LogP contribution in [-0.2, 0) is 16.1 Å². The average Bonchev–Trinajstić information content (AvgIpc) is 2.84. The third kappa shape index (κ3) is 5.73. The van der Waals surface area contributed by atoms with E-state index < -0.39 is 0 Å². The third-order valence-corrected chi connectivity index (χ3v) is 5.87. The molecule has 0 unspecified atom stereocenters. The predicted octanol–water partition coefficient (Wildman–Crippen LogP) is 2.62. The minimum atomic E-state index is -0.297. The fourth-order valence-electron chi connectivity index (χ4n) is 3.92. The second-order valence-electron chi connectivity index (χ2n) is 8.04. The summed E-state index contributed by atoms with van der Waals surface area (Å²) in [6, 6.07) is 9.64. The van der Waals surface area contributed by atoms with Gasteiger partial charge in [-0.3, -0.25) is 4.79 Å². The Bertz CT molecular complexity index is 908. The van der Waals surface area contributed by atoms with Crippen LogP contribution in [0, 0.1) is 11.7 Å². The molecule has 4 rings (SSSR count). The van der Waals surface area contributed by atoms with E-state index in [0.717, 1.165) is 24.5 Å². The second-order valence-corrected chi connectivity index (χ2v) is 8.04. The lowest BCUT2D eigenvalue weighted by Gasteiger charge is -2.31. The SMILES string of the molecule is O=C(NCc1ccc(F)cc1)C1CCN(C(=O)Nc2ccc(N3CCOCC3)nc2)CC1. The van der Waals surface area contributed by atoms with Gasteiger partial charge in [0.1, 0.15) is 11.6 Å². The van der Waals surface area contributed by atoms with E-state index in [1.54, 1.807) is 23.2 Å². The van der Waals surface area contributed by atoms with Gasteiger partial charge in [0.25, 0.3) is 0 Å². The molecule has 0 atom stereocenters. The van der Waals surface area contributed by atoms with E-state index in [1.165, 1.54) is 12.1 Å². The molecule has 9 heteroatoms. The van der Waals surface area contributed by atoms with Crippen LogP contribution in [0.1, 0.15) is 18.4 Å². The lowest BCUT2D eigenvalue weighted by Crippen LogP contribution is -2.44. The first-order valence-electron chi connectivity index (χ1n) is 11.0. The van der Waals surface area contributed by atoms with E-state index in [2.05, 4.69) is 20.5 Å². The highest BCUT2D eigenvalue weighted by Gasteiger charge is 2.27. The number of ether oxygens (including phenoxy) is 1. The summed E-state index contributed by atoms with van der Waals surface area (Å²) in [5, 5.41) is 5.79. The molecule has 0 saturated carbocycles. The summed E-state index contributed by atoms with van der Waals surface area (Å²) in [7, 11) is 0. The van der Waals surface area contributed by atoms with Gasteiger partial charge in [-0.2, -0.15) is 0 Å². The highest BCUT2D eigenvalue weighted by atomic mass is 19.1. The molecule has 0 radical (unpaired) electrons. The summed E-state index contributed by atoms with van der Waals surface area (Å²) in [6.45, 7) is 4.41. The number of urea groups is 1. The van der Waals surface area contributed by atoms with Crippen molar-refractivity contribution in [3.63, 3.8) is 0 Å². The molecular weight excluding hydrogens is 413 g/mol. The maximum Gasteiger partial charge on any atom is 0.321 e.